The minimum Gasteiger partial charge on any atom is -0.497 e. The van der Waals surface area contributed by atoms with Crippen molar-refractivity contribution in [2.24, 2.45) is 5.92 Å². The van der Waals surface area contributed by atoms with Crippen LogP contribution in [0.15, 0.2) is 66.7 Å². The first-order chi connectivity index (χ1) is 25.1. The molecule has 1 fully saturated rings. The highest BCUT2D eigenvalue weighted by Gasteiger charge is 2.40. The van der Waals surface area contributed by atoms with E-state index in [1.807, 2.05) is 24.3 Å². The lowest BCUT2D eigenvalue weighted by atomic mass is 9.86. The molecule has 0 spiro atoms. The fourth-order valence-corrected chi connectivity index (χ4v) is 8.00. The molecule has 0 aliphatic carbocycles. The Labute approximate surface area is 306 Å². The van der Waals surface area contributed by atoms with Crippen LogP contribution < -0.4 is 23.7 Å². The van der Waals surface area contributed by atoms with Crippen molar-refractivity contribution >= 4 is 11.9 Å². The van der Waals surface area contributed by atoms with Gasteiger partial charge in [-0.15, -0.1) is 0 Å². The van der Waals surface area contributed by atoms with Gasteiger partial charge in [-0.3, -0.25) is 0 Å². The highest BCUT2D eigenvalue weighted by molar-refractivity contribution is 5.91. The van der Waals surface area contributed by atoms with E-state index < -0.39 is 11.9 Å². The van der Waals surface area contributed by atoms with Gasteiger partial charge in [0.15, 0.2) is 23.0 Å². The Morgan fingerprint density at radius 1 is 0.827 bits per heavy atom. The number of esters is 2. The number of quaternary nitrogens is 2. The van der Waals surface area contributed by atoms with E-state index in [1.54, 1.807) is 21.3 Å². The number of benzene rings is 3. The second kappa shape index (κ2) is 16.3. The highest BCUT2D eigenvalue weighted by Crippen LogP contribution is 2.43. The molecule has 3 heterocycles. The van der Waals surface area contributed by atoms with Crippen LogP contribution in [-0.2, 0) is 38.4 Å². The first-order valence-electron chi connectivity index (χ1n) is 18.1. The molecule has 0 N–H and O–H groups in total. The summed E-state index contributed by atoms with van der Waals surface area (Å²) < 4.78 is 40.3. The van der Waals surface area contributed by atoms with Crippen LogP contribution in [0.1, 0.15) is 41.1 Å². The number of carbonyl (C=O) groups is 2. The second-order valence-corrected chi connectivity index (χ2v) is 14.7. The molecule has 3 aromatic carbocycles. The third-order valence-electron chi connectivity index (χ3n) is 10.9. The van der Waals surface area contributed by atoms with Crippen molar-refractivity contribution in [3.63, 3.8) is 0 Å². The van der Waals surface area contributed by atoms with Gasteiger partial charge in [-0.05, 0) is 53.6 Å². The third-order valence-corrected chi connectivity index (χ3v) is 10.9. The zero-order chi connectivity index (χ0) is 36.7. The summed E-state index contributed by atoms with van der Waals surface area (Å²) in [6.45, 7) is 5.34. The van der Waals surface area contributed by atoms with E-state index in [-0.39, 0.29) is 25.4 Å². The third kappa shape index (κ3) is 8.82. The van der Waals surface area contributed by atoms with Crippen molar-refractivity contribution < 1.29 is 51.7 Å². The monoisotopic (exact) mass is 716 g/mol. The van der Waals surface area contributed by atoms with Crippen LogP contribution in [0.4, 0.5) is 0 Å². The van der Waals surface area contributed by atoms with Gasteiger partial charge < -0.3 is 42.1 Å². The largest absolute Gasteiger partial charge is 0.497 e. The van der Waals surface area contributed by atoms with E-state index >= 15 is 0 Å². The van der Waals surface area contributed by atoms with Crippen molar-refractivity contribution in [3.8, 4) is 28.7 Å². The van der Waals surface area contributed by atoms with Crippen LogP contribution in [0.25, 0.3) is 0 Å². The Morgan fingerprint density at radius 3 is 2.29 bits per heavy atom. The molecule has 0 saturated carbocycles. The topological polar surface area (TPSA) is 98.8 Å². The van der Waals surface area contributed by atoms with Crippen LogP contribution >= 0.6 is 0 Å². The Balaban J connectivity index is 0.973. The molecule has 1 saturated heterocycles. The molecular weight excluding hydrogens is 664 g/mol. The molecule has 0 bridgehead atoms. The number of carbonyl (C=O) groups excluding carboxylic acids is 2. The number of likely N-dealkylation sites (tertiary alicyclic amines) is 1. The van der Waals surface area contributed by atoms with Crippen molar-refractivity contribution in [2.75, 3.05) is 81.6 Å². The Bertz CT molecular complexity index is 1760. The minimum atomic E-state index is -0.552. The number of rotatable bonds is 15. The molecule has 0 radical (unpaired) electrons. The van der Waals surface area contributed by atoms with Crippen LogP contribution in [0, 0.1) is 5.92 Å². The fraction of sp³-hybridized carbons (Fsp3) is 0.463. The van der Waals surface area contributed by atoms with Crippen LogP contribution in [0.2, 0.25) is 0 Å². The standard InChI is InChI=1S/C41H52N2O9/c1-42(25-30-9-12-36-39(22-30)52-28-51-36)18-15-31(26-42)27-50-41(45)14-13-40(44)49-20-6-17-43(2)19-16-32-23-37(47-4)38(48-5)24-34(32)35(43)21-29-7-10-33(46-3)11-8-29/h7-14,22-24,31,35H,6,15-21,25-28H2,1-5H3/q+2. The van der Waals surface area contributed by atoms with E-state index in [9.17, 15) is 9.59 Å². The van der Waals surface area contributed by atoms with Gasteiger partial charge in [0, 0.05) is 54.9 Å². The Hall–Kier alpha value is -4.74. The summed E-state index contributed by atoms with van der Waals surface area (Å²) in [4.78, 5) is 25.0. The summed E-state index contributed by atoms with van der Waals surface area (Å²) in [5, 5.41) is 0. The van der Waals surface area contributed by atoms with Gasteiger partial charge in [0.2, 0.25) is 6.79 Å². The molecule has 11 heteroatoms. The van der Waals surface area contributed by atoms with E-state index in [1.165, 1.54) is 28.3 Å². The van der Waals surface area contributed by atoms with Gasteiger partial charge in [0.25, 0.3) is 0 Å². The predicted octanol–water partition coefficient (Wildman–Crippen LogP) is 5.43. The molecular formula is C41H52N2O9+2. The molecule has 4 atom stereocenters. The first-order valence-corrected chi connectivity index (χ1v) is 18.1. The highest BCUT2D eigenvalue weighted by atomic mass is 16.7. The van der Waals surface area contributed by atoms with Gasteiger partial charge >= 0.3 is 11.9 Å². The summed E-state index contributed by atoms with van der Waals surface area (Å²) in [6.07, 6.45) is 5.69. The number of fused-ring (bicyclic) bond motifs is 2. The molecule has 3 aliphatic rings. The maximum Gasteiger partial charge on any atom is 0.331 e. The van der Waals surface area contributed by atoms with Gasteiger partial charge in [-0.25, -0.2) is 9.59 Å². The van der Waals surface area contributed by atoms with Crippen LogP contribution in [-0.4, -0.2) is 103 Å². The molecule has 11 nitrogen and oxygen atoms in total. The van der Waals surface area contributed by atoms with Gasteiger partial charge in [-0.2, -0.15) is 0 Å². The zero-order valence-electron chi connectivity index (χ0n) is 31.1. The summed E-state index contributed by atoms with van der Waals surface area (Å²) in [5.41, 5.74) is 4.91. The maximum absolute atomic E-state index is 12.5. The van der Waals surface area contributed by atoms with Crippen LogP contribution in [0.5, 0.6) is 28.7 Å². The van der Waals surface area contributed by atoms with Crippen molar-refractivity contribution in [2.45, 2.75) is 38.3 Å². The second-order valence-electron chi connectivity index (χ2n) is 14.7. The lowest BCUT2D eigenvalue weighted by molar-refractivity contribution is -0.941. The normalized spacial score (nSPS) is 23.2. The maximum atomic E-state index is 12.5. The number of ether oxygens (including phenoxy) is 7. The Morgan fingerprint density at radius 2 is 1.54 bits per heavy atom. The van der Waals surface area contributed by atoms with Crippen LogP contribution in [0.3, 0.4) is 0 Å². The lowest BCUT2D eigenvalue weighted by Gasteiger charge is -2.46. The number of nitrogens with zero attached hydrogens (tertiary/aromatic N) is 2. The molecule has 0 aromatic heterocycles. The molecule has 278 valence electrons. The number of likely N-dealkylation sites (N-methyl/N-ethyl adjacent to an activating group) is 1. The summed E-state index contributed by atoms with van der Waals surface area (Å²) >= 11 is 0. The molecule has 6 rings (SSSR count). The average Bonchev–Trinajstić information content (AvgIpc) is 3.78. The Kier molecular flexibility index (Phi) is 11.6. The van der Waals surface area contributed by atoms with E-state index in [4.69, 9.17) is 33.2 Å². The number of hydrogen-bond acceptors (Lipinski definition) is 9. The van der Waals surface area contributed by atoms with Crippen molar-refractivity contribution in [3.05, 3.63) is 89.0 Å². The van der Waals surface area contributed by atoms with Crippen molar-refractivity contribution in [1.82, 2.24) is 0 Å². The average molecular weight is 717 g/mol. The van der Waals surface area contributed by atoms with E-state index in [0.717, 1.165) is 90.0 Å². The quantitative estimate of drug-likeness (QED) is 0.0884. The molecule has 0 amide bonds. The first kappa shape index (κ1) is 37.0. The number of hydrogen-bond donors (Lipinski definition) is 0. The molecule has 3 aliphatic heterocycles. The smallest absolute Gasteiger partial charge is 0.331 e. The SMILES string of the molecule is COc1ccc(CC2c3cc(OC)c(OC)cc3CC[N+]2(C)CCCOC(=O)C=CC(=O)OCC2CC[N+](C)(Cc3ccc4c(c3)OCO4)C2)cc1. The van der Waals surface area contributed by atoms with E-state index in [2.05, 4.69) is 44.4 Å². The molecule has 3 aromatic rings. The van der Waals surface area contributed by atoms with Gasteiger partial charge in [0.05, 0.1) is 68.2 Å². The van der Waals surface area contributed by atoms with E-state index in [0.29, 0.717) is 18.8 Å². The lowest BCUT2D eigenvalue weighted by Crippen LogP contribution is -2.52. The van der Waals surface area contributed by atoms with Gasteiger partial charge in [-0.1, -0.05) is 12.1 Å². The zero-order valence-corrected chi connectivity index (χ0v) is 31.1. The summed E-state index contributed by atoms with van der Waals surface area (Å²) in [7, 11) is 9.50. The minimum absolute atomic E-state index is 0.155. The fourth-order valence-electron chi connectivity index (χ4n) is 8.00. The van der Waals surface area contributed by atoms with Gasteiger partial charge in [0.1, 0.15) is 24.9 Å². The molecule has 4 unspecified atom stereocenters. The summed E-state index contributed by atoms with van der Waals surface area (Å²) in [6, 6.07) is 18.7. The summed E-state index contributed by atoms with van der Waals surface area (Å²) in [5.74, 6) is 3.02. The molecule has 52 heavy (non-hydrogen) atoms. The van der Waals surface area contributed by atoms with Crippen molar-refractivity contribution in [1.29, 1.82) is 0 Å². The predicted molar refractivity (Wildman–Crippen MR) is 195 cm³/mol. The number of methoxy groups -OCH3 is 3.